The number of esters is 1. The Kier molecular flexibility index (Phi) is 4.44. The minimum Gasteiger partial charge on any atom is -0.461 e. The highest BCUT2D eigenvalue weighted by Crippen LogP contribution is 2.26. The lowest BCUT2D eigenvalue weighted by atomic mass is 10.1. The Balaban J connectivity index is 2.14. The Morgan fingerprint density at radius 1 is 1.13 bits per heavy atom. The molecular weight excluding hydrogens is 312 g/mol. The lowest BCUT2D eigenvalue weighted by Gasteiger charge is -2.07. The van der Waals surface area contributed by atoms with Crippen molar-refractivity contribution < 1.29 is 9.53 Å². The second kappa shape index (κ2) is 6.67. The van der Waals surface area contributed by atoms with Gasteiger partial charge in [-0.1, -0.05) is 41.9 Å². The molecule has 0 saturated heterocycles. The summed E-state index contributed by atoms with van der Waals surface area (Å²) in [5.41, 5.74) is 2.79. The molecule has 116 valence electrons. The van der Waals surface area contributed by atoms with Gasteiger partial charge in [0.2, 0.25) is 0 Å². The third-order valence-electron chi connectivity index (χ3n) is 3.32. The Morgan fingerprint density at radius 2 is 1.91 bits per heavy atom. The van der Waals surface area contributed by atoms with E-state index in [2.05, 4.69) is 5.10 Å². The van der Waals surface area contributed by atoms with E-state index in [0.717, 1.165) is 16.9 Å². The van der Waals surface area contributed by atoms with E-state index in [-0.39, 0.29) is 5.69 Å². The predicted octanol–water partition coefficient (Wildman–Crippen LogP) is 4.37. The van der Waals surface area contributed by atoms with Crippen molar-refractivity contribution >= 4 is 17.6 Å². The van der Waals surface area contributed by atoms with Gasteiger partial charge in [0.1, 0.15) is 0 Å². The van der Waals surface area contributed by atoms with Crippen LogP contribution in [0.4, 0.5) is 0 Å². The molecule has 3 rings (SSSR count). The van der Waals surface area contributed by atoms with Gasteiger partial charge in [-0.15, -0.1) is 0 Å². The fraction of sp³-hybridized carbons (Fsp3) is 0.111. The number of aromatic nitrogens is 2. The molecule has 0 aliphatic carbocycles. The monoisotopic (exact) mass is 326 g/mol. The van der Waals surface area contributed by atoms with Crippen molar-refractivity contribution in [1.82, 2.24) is 9.78 Å². The lowest BCUT2D eigenvalue weighted by Crippen LogP contribution is -2.06. The van der Waals surface area contributed by atoms with Crippen LogP contribution in [-0.2, 0) is 4.74 Å². The molecule has 23 heavy (non-hydrogen) atoms. The Labute approximate surface area is 139 Å². The van der Waals surface area contributed by atoms with Gasteiger partial charge >= 0.3 is 5.97 Å². The van der Waals surface area contributed by atoms with Crippen LogP contribution in [0.5, 0.6) is 0 Å². The second-order valence-corrected chi connectivity index (χ2v) is 5.33. The summed E-state index contributed by atoms with van der Waals surface area (Å²) >= 11 is 6.09. The normalized spacial score (nSPS) is 10.5. The first-order valence-electron chi connectivity index (χ1n) is 7.27. The average molecular weight is 327 g/mol. The molecule has 0 atom stereocenters. The summed E-state index contributed by atoms with van der Waals surface area (Å²) in [7, 11) is 0. The zero-order valence-corrected chi connectivity index (χ0v) is 13.3. The quantitative estimate of drug-likeness (QED) is 0.669. The Morgan fingerprint density at radius 3 is 2.61 bits per heavy atom. The van der Waals surface area contributed by atoms with E-state index in [1.165, 1.54) is 0 Å². The van der Waals surface area contributed by atoms with Gasteiger partial charge < -0.3 is 4.74 Å². The van der Waals surface area contributed by atoms with Crippen molar-refractivity contribution in [2.24, 2.45) is 0 Å². The summed E-state index contributed by atoms with van der Waals surface area (Å²) < 4.78 is 6.77. The van der Waals surface area contributed by atoms with Crippen LogP contribution < -0.4 is 0 Å². The molecule has 0 spiro atoms. The maximum atomic E-state index is 12.0. The molecule has 0 aliphatic heterocycles. The number of halogens is 1. The van der Waals surface area contributed by atoms with Crippen LogP contribution in [0.1, 0.15) is 17.4 Å². The molecule has 2 aromatic carbocycles. The molecule has 5 heteroatoms. The topological polar surface area (TPSA) is 44.1 Å². The molecule has 0 bridgehead atoms. The van der Waals surface area contributed by atoms with Crippen molar-refractivity contribution in [2.45, 2.75) is 6.92 Å². The Bertz CT molecular complexity index is 828. The van der Waals surface area contributed by atoms with Gasteiger partial charge in [-0.25, -0.2) is 9.48 Å². The molecule has 0 N–H and O–H groups in total. The molecule has 4 nitrogen and oxygen atoms in total. The molecule has 0 amide bonds. The smallest absolute Gasteiger partial charge is 0.358 e. The summed E-state index contributed by atoms with van der Waals surface area (Å²) in [4.78, 5) is 12.0. The maximum Gasteiger partial charge on any atom is 0.358 e. The van der Waals surface area contributed by atoms with Gasteiger partial charge in [0, 0.05) is 10.6 Å². The Hall–Kier alpha value is -2.59. The molecule has 0 aliphatic rings. The first kappa shape index (κ1) is 15.3. The molecule has 3 aromatic rings. The lowest BCUT2D eigenvalue weighted by molar-refractivity contribution is 0.0519. The van der Waals surface area contributed by atoms with Crippen molar-refractivity contribution in [2.75, 3.05) is 6.61 Å². The number of ether oxygens (including phenoxy) is 1. The number of carbonyl (C=O) groups excluding carboxylic acids is 1. The standard InChI is InChI=1S/C18H15ClN2O2/c1-2-23-18(22)16-12-17(13-7-6-8-14(19)11-13)21(20-16)15-9-4-3-5-10-15/h3-12H,2H2,1H3. The fourth-order valence-electron chi connectivity index (χ4n) is 2.31. The summed E-state index contributed by atoms with van der Waals surface area (Å²) in [6.45, 7) is 2.08. The van der Waals surface area contributed by atoms with E-state index >= 15 is 0 Å². The molecule has 0 unspecified atom stereocenters. The minimum absolute atomic E-state index is 0.269. The number of para-hydroxylation sites is 1. The van der Waals surface area contributed by atoms with Crippen LogP contribution in [0.15, 0.2) is 60.7 Å². The van der Waals surface area contributed by atoms with Crippen LogP contribution in [0.25, 0.3) is 16.9 Å². The van der Waals surface area contributed by atoms with Crippen LogP contribution in [-0.4, -0.2) is 22.4 Å². The number of benzene rings is 2. The van der Waals surface area contributed by atoms with Crippen molar-refractivity contribution in [3.05, 3.63) is 71.4 Å². The summed E-state index contributed by atoms with van der Waals surface area (Å²) in [5.74, 6) is -0.439. The fourth-order valence-corrected chi connectivity index (χ4v) is 2.50. The maximum absolute atomic E-state index is 12.0. The van der Waals surface area contributed by atoms with E-state index in [1.807, 2.05) is 48.5 Å². The molecule has 0 saturated carbocycles. The molecule has 0 radical (unpaired) electrons. The van der Waals surface area contributed by atoms with Crippen molar-refractivity contribution in [3.8, 4) is 16.9 Å². The minimum atomic E-state index is -0.439. The van der Waals surface area contributed by atoms with Gasteiger partial charge in [0.15, 0.2) is 5.69 Å². The highest BCUT2D eigenvalue weighted by molar-refractivity contribution is 6.30. The number of carbonyl (C=O) groups is 1. The zero-order valence-electron chi connectivity index (χ0n) is 12.6. The summed E-state index contributed by atoms with van der Waals surface area (Å²) in [6, 6.07) is 18.8. The van der Waals surface area contributed by atoms with Crippen LogP contribution >= 0.6 is 11.6 Å². The largest absolute Gasteiger partial charge is 0.461 e. The zero-order chi connectivity index (χ0) is 16.2. The predicted molar refractivity (Wildman–Crippen MR) is 90.0 cm³/mol. The third-order valence-corrected chi connectivity index (χ3v) is 3.55. The summed E-state index contributed by atoms with van der Waals surface area (Å²) in [6.07, 6.45) is 0. The highest BCUT2D eigenvalue weighted by Gasteiger charge is 2.17. The molecular formula is C18H15ClN2O2. The summed E-state index contributed by atoms with van der Waals surface area (Å²) in [5, 5.41) is 5.03. The van der Waals surface area contributed by atoms with Gasteiger partial charge in [-0.3, -0.25) is 0 Å². The number of nitrogens with zero attached hydrogens (tertiary/aromatic N) is 2. The van der Waals surface area contributed by atoms with Gasteiger partial charge in [-0.2, -0.15) is 5.10 Å². The van der Waals surface area contributed by atoms with Crippen molar-refractivity contribution in [3.63, 3.8) is 0 Å². The van der Waals surface area contributed by atoms with Crippen molar-refractivity contribution in [1.29, 1.82) is 0 Å². The van der Waals surface area contributed by atoms with Gasteiger partial charge in [0.25, 0.3) is 0 Å². The molecule has 0 fully saturated rings. The van der Waals surface area contributed by atoms with E-state index in [9.17, 15) is 4.79 Å². The van der Waals surface area contributed by atoms with Crippen LogP contribution in [0, 0.1) is 0 Å². The van der Waals surface area contributed by atoms with E-state index < -0.39 is 5.97 Å². The molecule has 1 aromatic heterocycles. The molecule has 1 heterocycles. The first-order valence-corrected chi connectivity index (χ1v) is 7.65. The number of hydrogen-bond donors (Lipinski definition) is 0. The highest BCUT2D eigenvalue weighted by atomic mass is 35.5. The van der Waals surface area contributed by atoms with E-state index in [1.54, 1.807) is 23.7 Å². The number of hydrogen-bond acceptors (Lipinski definition) is 3. The van der Waals surface area contributed by atoms with Gasteiger partial charge in [0.05, 0.1) is 18.0 Å². The van der Waals surface area contributed by atoms with E-state index in [0.29, 0.717) is 11.6 Å². The SMILES string of the molecule is CCOC(=O)c1cc(-c2cccc(Cl)c2)n(-c2ccccc2)n1. The van der Waals surface area contributed by atoms with Gasteiger partial charge in [-0.05, 0) is 37.3 Å². The first-order chi connectivity index (χ1) is 11.2. The average Bonchev–Trinajstić information content (AvgIpc) is 3.01. The van der Waals surface area contributed by atoms with E-state index in [4.69, 9.17) is 16.3 Å². The van der Waals surface area contributed by atoms with Crippen LogP contribution in [0.2, 0.25) is 5.02 Å². The third kappa shape index (κ3) is 3.27. The number of rotatable bonds is 4. The second-order valence-electron chi connectivity index (χ2n) is 4.89. The van der Waals surface area contributed by atoms with Crippen LogP contribution in [0.3, 0.4) is 0 Å².